The molecule has 0 saturated carbocycles. The highest BCUT2D eigenvalue weighted by Gasteiger charge is 2.25. The normalized spacial score (nSPS) is 14.9. The van der Waals surface area contributed by atoms with Crippen molar-refractivity contribution >= 4 is 27.5 Å². The number of carbonyl (C=O) groups is 1. The number of halogens is 1. The number of rotatable bonds is 6. The van der Waals surface area contributed by atoms with Crippen molar-refractivity contribution in [2.75, 3.05) is 27.3 Å². The first kappa shape index (κ1) is 23.4. The number of hydrogen-bond acceptors (Lipinski definition) is 5. The Kier molecular flexibility index (Phi) is 7.13. The molecule has 0 aromatic heterocycles. The summed E-state index contributed by atoms with van der Waals surface area (Å²) >= 11 is 6.24. The van der Waals surface area contributed by atoms with Crippen molar-refractivity contribution < 1.29 is 22.7 Å². The van der Waals surface area contributed by atoms with Crippen molar-refractivity contribution in [1.29, 1.82) is 0 Å². The second-order valence-corrected chi connectivity index (χ2v) is 10.4. The van der Waals surface area contributed by atoms with E-state index in [9.17, 15) is 13.2 Å². The van der Waals surface area contributed by atoms with Crippen LogP contribution in [-0.4, -0.2) is 45.9 Å². The van der Waals surface area contributed by atoms with Gasteiger partial charge in [-0.05, 0) is 41.8 Å². The first-order valence-electron chi connectivity index (χ1n) is 10.0. The lowest BCUT2D eigenvalue weighted by Gasteiger charge is -2.24. The van der Waals surface area contributed by atoms with Gasteiger partial charge in [0.05, 0.1) is 34.7 Å². The zero-order valence-electron chi connectivity index (χ0n) is 18.0. The quantitative estimate of drug-likeness (QED) is 0.698. The molecule has 0 aliphatic carbocycles. The number of benzene rings is 2. The molecule has 1 unspecified atom stereocenters. The van der Waals surface area contributed by atoms with Crippen LogP contribution in [0.15, 0.2) is 41.3 Å². The van der Waals surface area contributed by atoms with E-state index in [0.717, 1.165) is 16.3 Å². The monoisotopic (exact) mass is 466 g/mol. The zero-order chi connectivity index (χ0) is 22.8. The molecule has 3 rings (SSSR count). The molecule has 9 heteroatoms. The van der Waals surface area contributed by atoms with E-state index in [1.165, 1.54) is 32.3 Å². The summed E-state index contributed by atoms with van der Waals surface area (Å²) in [6.45, 7) is 5.14. The van der Waals surface area contributed by atoms with Crippen molar-refractivity contribution in [3.63, 3.8) is 0 Å². The van der Waals surface area contributed by atoms with Gasteiger partial charge in [0.2, 0.25) is 10.0 Å². The van der Waals surface area contributed by atoms with E-state index in [1.54, 1.807) is 0 Å². The smallest absolute Gasteiger partial charge is 0.253 e. The van der Waals surface area contributed by atoms with Gasteiger partial charge in [-0.3, -0.25) is 4.79 Å². The molecule has 1 heterocycles. The van der Waals surface area contributed by atoms with Gasteiger partial charge in [0.25, 0.3) is 5.91 Å². The third kappa shape index (κ3) is 5.14. The van der Waals surface area contributed by atoms with Gasteiger partial charge in [-0.1, -0.05) is 31.5 Å². The zero-order valence-corrected chi connectivity index (χ0v) is 19.6. The lowest BCUT2D eigenvalue weighted by Crippen LogP contribution is -2.32. The van der Waals surface area contributed by atoms with E-state index in [-0.39, 0.29) is 27.4 Å². The van der Waals surface area contributed by atoms with Gasteiger partial charge < -0.3 is 14.8 Å². The molecule has 1 atom stereocenters. The van der Waals surface area contributed by atoms with E-state index < -0.39 is 15.9 Å². The molecule has 0 radical (unpaired) electrons. The standard InChI is InChI=1S/C22H27ClN2O5S/c1-14(2)21(15-6-9-19-20(12-15)30-11-5-10-29-19)24-22(26)17-13-16(7-8-18(17)23)31(27,28)25(3)4/h6-9,12-14,21H,5,10-11H2,1-4H3,(H,24,26). The lowest BCUT2D eigenvalue weighted by molar-refractivity contribution is 0.0925. The Bertz CT molecular complexity index is 1070. The van der Waals surface area contributed by atoms with Crippen molar-refractivity contribution in [2.45, 2.75) is 31.2 Å². The van der Waals surface area contributed by atoms with Crippen LogP contribution >= 0.6 is 11.6 Å². The third-order valence-corrected chi connectivity index (χ3v) is 7.19. The van der Waals surface area contributed by atoms with Crippen LogP contribution in [0, 0.1) is 5.92 Å². The fourth-order valence-corrected chi connectivity index (χ4v) is 4.41. The number of amides is 1. The Hall–Kier alpha value is -2.29. The predicted molar refractivity (Wildman–Crippen MR) is 119 cm³/mol. The minimum Gasteiger partial charge on any atom is -0.490 e. The maximum atomic E-state index is 13.1. The molecule has 0 bridgehead atoms. The van der Waals surface area contributed by atoms with E-state index in [4.69, 9.17) is 21.1 Å². The SMILES string of the molecule is CC(C)C(NC(=O)c1cc(S(=O)(=O)N(C)C)ccc1Cl)c1ccc2c(c1)OCCCO2. The molecule has 2 aromatic carbocycles. The molecule has 0 spiro atoms. The van der Waals surface area contributed by atoms with Crippen LogP contribution in [0.1, 0.15) is 42.2 Å². The highest BCUT2D eigenvalue weighted by Crippen LogP contribution is 2.34. The average Bonchev–Trinajstić information content (AvgIpc) is 2.96. The Morgan fingerprint density at radius 2 is 1.74 bits per heavy atom. The maximum absolute atomic E-state index is 13.1. The van der Waals surface area contributed by atoms with E-state index >= 15 is 0 Å². The average molecular weight is 467 g/mol. The lowest BCUT2D eigenvalue weighted by atomic mass is 9.95. The fourth-order valence-electron chi connectivity index (χ4n) is 3.28. The molecular weight excluding hydrogens is 440 g/mol. The number of nitrogens with zero attached hydrogens (tertiary/aromatic N) is 1. The summed E-state index contributed by atoms with van der Waals surface area (Å²) in [6.07, 6.45) is 0.805. The minimum atomic E-state index is -3.70. The fraction of sp³-hybridized carbons (Fsp3) is 0.409. The molecule has 1 N–H and O–H groups in total. The number of nitrogens with one attached hydrogen (secondary N) is 1. The van der Waals surface area contributed by atoms with Gasteiger partial charge in [-0.2, -0.15) is 0 Å². The number of hydrogen-bond donors (Lipinski definition) is 1. The summed E-state index contributed by atoms with van der Waals surface area (Å²) in [6, 6.07) is 9.39. The molecular formula is C22H27ClN2O5S. The van der Waals surface area contributed by atoms with Crippen LogP contribution in [0.2, 0.25) is 5.02 Å². The van der Waals surface area contributed by atoms with Gasteiger partial charge in [0, 0.05) is 20.5 Å². The first-order valence-corrected chi connectivity index (χ1v) is 11.9. The van der Waals surface area contributed by atoms with Crippen LogP contribution < -0.4 is 14.8 Å². The van der Waals surface area contributed by atoms with E-state index in [2.05, 4.69) is 5.32 Å². The van der Waals surface area contributed by atoms with Crippen molar-refractivity contribution in [1.82, 2.24) is 9.62 Å². The van der Waals surface area contributed by atoms with Gasteiger partial charge >= 0.3 is 0 Å². The molecule has 7 nitrogen and oxygen atoms in total. The summed E-state index contributed by atoms with van der Waals surface area (Å²) in [5.74, 6) is 0.930. The largest absolute Gasteiger partial charge is 0.490 e. The van der Waals surface area contributed by atoms with Crippen LogP contribution in [0.5, 0.6) is 11.5 Å². The molecule has 2 aromatic rings. The molecule has 1 amide bonds. The predicted octanol–water partition coefficient (Wildman–Crippen LogP) is 3.88. The minimum absolute atomic E-state index is 0.00345. The second-order valence-electron chi connectivity index (χ2n) is 7.88. The number of fused-ring (bicyclic) bond motifs is 1. The third-order valence-electron chi connectivity index (χ3n) is 5.04. The summed E-state index contributed by atoms with van der Waals surface area (Å²) in [5, 5.41) is 3.17. The van der Waals surface area contributed by atoms with Gasteiger partial charge in [-0.15, -0.1) is 0 Å². The molecule has 0 fully saturated rings. The number of sulfonamides is 1. The summed E-state index contributed by atoms with van der Waals surface area (Å²) in [4.78, 5) is 13.1. The maximum Gasteiger partial charge on any atom is 0.253 e. The summed E-state index contributed by atoms with van der Waals surface area (Å²) in [5.41, 5.74) is 0.963. The van der Waals surface area contributed by atoms with Crippen molar-refractivity contribution in [3.05, 3.63) is 52.5 Å². The topological polar surface area (TPSA) is 84.9 Å². The Morgan fingerprint density at radius 1 is 1.06 bits per heavy atom. The Morgan fingerprint density at radius 3 is 2.39 bits per heavy atom. The van der Waals surface area contributed by atoms with Crippen LogP contribution in [0.25, 0.3) is 0 Å². The van der Waals surface area contributed by atoms with E-state index in [0.29, 0.717) is 24.7 Å². The van der Waals surface area contributed by atoms with Gasteiger partial charge in [0.15, 0.2) is 11.5 Å². The van der Waals surface area contributed by atoms with Crippen molar-refractivity contribution in [3.8, 4) is 11.5 Å². The Labute approximate surface area is 188 Å². The molecule has 1 aliphatic heterocycles. The van der Waals surface area contributed by atoms with Crippen LogP contribution in [0.4, 0.5) is 0 Å². The highest BCUT2D eigenvalue weighted by atomic mass is 35.5. The molecule has 0 saturated heterocycles. The van der Waals surface area contributed by atoms with Gasteiger partial charge in [-0.25, -0.2) is 12.7 Å². The molecule has 1 aliphatic rings. The van der Waals surface area contributed by atoms with Crippen molar-refractivity contribution in [2.24, 2.45) is 5.92 Å². The van der Waals surface area contributed by atoms with Crippen LogP contribution in [-0.2, 0) is 10.0 Å². The van der Waals surface area contributed by atoms with Crippen LogP contribution in [0.3, 0.4) is 0 Å². The van der Waals surface area contributed by atoms with E-state index in [1.807, 2.05) is 32.0 Å². The van der Waals surface area contributed by atoms with Gasteiger partial charge in [0.1, 0.15) is 0 Å². The number of carbonyl (C=O) groups excluding carboxylic acids is 1. The highest BCUT2D eigenvalue weighted by molar-refractivity contribution is 7.89. The second kappa shape index (κ2) is 9.46. The number of ether oxygens (including phenoxy) is 2. The Balaban J connectivity index is 1.91. The summed E-state index contributed by atoms with van der Waals surface area (Å²) in [7, 11) is -0.830. The summed E-state index contributed by atoms with van der Waals surface area (Å²) < 4.78 is 37.5. The molecule has 31 heavy (non-hydrogen) atoms. The first-order chi connectivity index (χ1) is 14.6. The molecule has 168 valence electrons.